The summed E-state index contributed by atoms with van der Waals surface area (Å²) in [7, 11) is 1.89. The van der Waals surface area contributed by atoms with Crippen LogP contribution >= 0.6 is 11.6 Å². The van der Waals surface area contributed by atoms with Crippen molar-refractivity contribution in [1.29, 1.82) is 0 Å². The molecule has 0 unspecified atom stereocenters. The molecule has 1 aromatic heterocycles. The number of aromatic amines is 1. The zero-order chi connectivity index (χ0) is 21.7. The van der Waals surface area contributed by atoms with E-state index in [1.807, 2.05) is 50.4 Å². The van der Waals surface area contributed by atoms with E-state index in [4.69, 9.17) is 11.6 Å². The minimum atomic E-state index is -0.435. The molecule has 1 aliphatic rings. The number of carbonyl (C=O) groups is 2. The van der Waals surface area contributed by atoms with Gasteiger partial charge in [-0.25, -0.2) is 0 Å². The lowest BCUT2D eigenvalue weighted by atomic mass is 9.91. The van der Waals surface area contributed by atoms with Crippen LogP contribution in [0, 0.1) is 6.92 Å². The second kappa shape index (κ2) is 7.38. The number of H-pyrrole nitrogens is 1. The van der Waals surface area contributed by atoms with Gasteiger partial charge in [0.25, 0.3) is 11.8 Å². The molecule has 4 aromatic rings. The number of imide groups is 1. The van der Waals surface area contributed by atoms with E-state index in [0.717, 1.165) is 39.3 Å². The Labute approximate surface area is 184 Å². The molecule has 3 aromatic carbocycles. The van der Waals surface area contributed by atoms with Gasteiger partial charge in [-0.05, 0) is 48.0 Å². The molecule has 5 rings (SSSR count). The standard InChI is InChI=1S/C25H20ClN3O2/c1-13-4-3-5-17-18(12-28-23(13)17)21-22(25(31)29-24(21)30)20-16-8-6-14(11-27-2)10-15(16)7-9-19(20)26/h3-10,12,27-28H,11H2,1-2H3,(H,29,30,31). The second-order valence-corrected chi connectivity index (χ2v) is 8.15. The fourth-order valence-electron chi connectivity index (χ4n) is 4.38. The van der Waals surface area contributed by atoms with Gasteiger partial charge in [-0.2, -0.15) is 0 Å². The van der Waals surface area contributed by atoms with Crippen molar-refractivity contribution in [3.05, 3.63) is 82.0 Å². The van der Waals surface area contributed by atoms with Crippen molar-refractivity contribution >= 4 is 56.2 Å². The average molecular weight is 430 g/mol. The maximum absolute atomic E-state index is 13.0. The Morgan fingerprint density at radius 1 is 0.968 bits per heavy atom. The summed E-state index contributed by atoms with van der Waals surface area (Å²) in [6, 6.07) is 15.6. The van der Waals surface area contributed by atoms with Crippen LogP contribution in [-0.2, 0) is 16.1 Å². The molecule has 0 aliphatic carbocycles. The Hall–Kier alpha value is -3.41. The minimum absolute atomic E-state index is 0.310. The van der Waals surface area contributed by atoms with Crippen molar-refractivity contribution in [2.45, 2.75) is 13.5 Å². The monoisotopic (exact) mass is 429 g/mol. The number of halogens is 1. The van der Waals surface area contributed by atoms with Crippen LogP contribution in [-0.4, -0.2) is 23.8 Å². The topological polar surface area (TPSA) is 74.0 Å². The fourth-order valence-corrected chi connectivity index (χ4v) is 4.64. The van der Waals surface area contributed by atoms with Gasteiger partial charge in [-0.3, -0.25) is 14.9 Å². The van der Waals surface area contributed by atoms with Crippen molar-refractivity contribution < 1.29 is 9.59 Å². The summed E-state index contributed by atoms with van der Waals surface area (Å²) in [5, 5.41) is 8.73. The molecule has 0 bridgehead atoms. The maximum Gasteiger partial charge on any atom is 0.259 e. The van der Waals surface area contributed by atoms with Crippen LogP contribution in [0.15, 0.2) is 54.7 Å². The highest BCUT2D eigenvalue weighted by Crippen LogP contribution is 2.41. The van der Waals surface area contributed by atoms with E-state index in [2.05, 4.69) is 21.7 Å². The summed E-state index contributed by atoms with van der Waals surface area (Å²) in [5.41, 5.74) is 5.05. The van der Waals surface area contributed by atoms with Crippen LogP contribution in [0.2, 0.25) is 5.02 Å². The zero-order valence-corrected chi connectivity index (χ0v) is 17.9. The third-order valence-electron chi connectivity index (χ3n) is 5.79. The number of fused-ring (bicyclic) bond motifs is 2. The van der Waals surface area contributed by atoms with E-state index in [0.29, 0.717) is 27.3 Å². The van der Waals surface area contributed by atoms with Crippen LogP contribution in [0.1, 0.15) is 22.3 Å². The van der Waals surface area contributed by atoms with Gasteiger partial charge in [0.15, 0.2) is 0 Å². The molecule has 0 radical (unpaired) electrons. The summed E-state index contributed by atoms with van der Waals surface area (Å²) in [4.78, 5) is 29.2. The largest absolute Gasteiger partial charge is 0.360 e. The van der Waals surface area contributed by atoms with Gasteiger partial charge in [0.2, 0.25) is 0 Å². The molecule has 3 N–H and O–H groups in total. The summed E-state index contributed by atoms with van der Waals surface area (Å²) < 4.78 is 0. The van der Waals surface area contributed by atoms with Gasteiger partial charge in [-0.1, -0.05) is 48.0 Å². The number of hydrogen-bond donors (Lipinski definition) is 3. The lowest BCUT2D eigenvalue weighted by Gasteiger charge is -2.12. The highest BCUT2D eigenvalue weighted by molar-refractivity contribution is 6.52. The minimum Gasteiger partial charge on any atom is -0.360 e. The molecule has 0 spiro atoms. The average Bonchev–Trinajstić information content (AvgIpc) is 3.29. The lowest BCUT2D eigenvalue weighted by molar-refractivity contribution is -0.122. The number of hydrogen-bond acceptors (Lipinski definition) is 3. The Balaban J connectivity index is 1.83. The molecular formula is C25H20ClN3O2. The molecule has 1 aliphatic heterocycles. The zero-order valence-electron chi connectivity index (χ0n) is 17.1. The summed E-state index contributed by atoms with van der Waals surface area (Å²) in [5.74, 6) is -0.849. The first-order valence-corrected chi connectivity index (χ1v) is 10.4. The molecular weight excluding hydrogens is 410 g/mol. The summed E-state index contributed by atoms with van der Waals surface area (Å²) in [6.45, 7) is 2.73. The van der Waals surface area contributed by atoms with Gasteiger partial charge in [0, 0.05) is 39.8 Å². The van der Waals surface area contributed by atoms with E-state index in [1.54, 1.807) is 12.3 Å². The van der Waals surface area contributed by atoms with Crippen molar-refractivity contribution in [2.24, 2.45) is 0 Å². The number of para-hydroxylation sites is 1. The molecule has 2 heterocycles. The van der Waals surface area contributed by atoms with Crippen LogP contribution in [0.3, 0.4) is 0 Å². The predicted octanol–water partition coefficient (Wildman–Crippen LogP) is 4.57. The normalized spacial score (nSPS) is 14.2. The van der Waals surface area contributed by atoms with E-state index in [9.17, 15) is 9.59 Å². The third kappa shape index (κ3) is 3.05. The van der Waals surface area contributed by atoms with Crippen LogP contribution in [0.5, 0.6) is 0 Å². The van der Waals surface area contributed by atoms with Crippen LogP contribution in [0.4, 0.5) is 0 Å². The highest BCUT2D eigenvalue weighted by atomic mass is 35.5. The molecule has 5 nitrogen and oxygen atoms in total. The summed E-state index contributed by atoms with van der Waals surface area (Å²) >= 11 is 6.62. The molecule has 0 atom stereocenters. The van der Waals surface area contributed by atoms with E-state index in [1.165, 1.54) is 0 Å². The lowest BCUT2D eigenvalue weighted by Crippen LogP contribution is -2.22. The Bertz CT molecular complexity index is 1430. The van der Waals surface area contributed by atoms with Gasteiger partial charge in [0.1, 0.15) is 0 Å². The number of rotatable bonds is 4. The molecule has 0 saturated carbocycles. The van der Waals surface area contributed by atoms with E-state index in [-0.39, 0.29) is 0 Å². The van der Waals surface area contributed by atoms with Crippen molar-refractivity contribution in [2.75, 3.05) is 7.05 Å². The smallest absolute Gasteiger partial charge is 0.259 e. The Morgan fingerprint density at radius 3 is 2.58 bits per heavy atom. The number of benzene rings is 3. The van der Waals surface area contributed by atoms with E-state index < -0.39 is 11.8 Å². The van der Waals surface area contributed by atoms with E-state index >= 15 is 0 Å². The number of nitrogens with one attached hydrogen (secondary N) is 3. The van der Waals surface area contributed by atoms with Gasteiger partial charge < -0.3 is 10.3 Å². The van der Waals surface area contributed by atoms with Crippen LogP contribution < -0.4 is 10.6 Å². The number of aryl methyl sites for hydroxylation is 1. The molecule has 0 fully saturated rings. The molecule has 154 valence electrons. The van der Waals surface area contributed by atoms with Crippen molar-refractivity contribution in [1.82, 2.24) is 15.6 Å². The Kier molecular flexibility index (Phi) is 4.65. The summed E-state index contributed by atoms with van der Waals surface area (Å²) in [6.07, 6.45) is 1.79. The van der Waals surface area contributed by atoms with Gasteiger partial charge in [-0.15, -0.1) is 0 Å². The third-order valence-corrected chi connectivity index (χ3v) is 6.10. The molecule has 0 saturated heterocycles. The number of amides is 2. The molecule has 31 heavy (non-hydrogen) atoms. The fraction of sp³-hybridized carbons (Fsp3) is 0.120. The number of aromatic nitrogens is 1. The molecule has 2 amide bonds. The quantitative estimate of drug-likeness (QED) is 0.416. The molecule has 6 heteroatoms. The first kappa shape index (κ1) is 19.5. The van der Waals surface area contributed by atoms with Crippen molar-refractivity contribution in [3.63, 3.8) is 0 Å². The van der Waals surface area contributed by atoms with Crippen LogP contribution in [0.25, 0.3) is 32.8 Å². The highest BCUT2D eigenvalue weighted by Gasteiger charge is 2.35. The first-order valence-electron chi connectivity index (χ1n) is 10.0. The van der Waals surface area contributed by atoms with Gasteiger partial charge in [0.05, 0.1) is 11.1 Å². The second-order valence-electron chi connectivity index (χ2n) is 7.74. The van der Waals surface area contributed by atoms with Gasteiger partial charge >= 0.3 is 0 Å². The SMILES string of the molecule is CNCc1ccc2c(C3=C(c4c[nH]c5c(C)cccc45)C(=O)NC3=O)c(Cl)ccc2c1. The van der Waals surface area contributed by atoms with Crippen molar-refractivity contribution in [3.8, 4) is 0 Å². The predicted molar refractivity (Wildman–Crippen MR) is 125 cm³/mol. The first-order chi connectivity index (χ1) is 15.0. The number of carbonyl (C=O) groups excluding carboxylic acids is 2. The maximum atomic E-state index is 13.0. The Morgan fingerprint density at radius 2 is 1.77 bits per heavy atom.